The van der Waals surface area contributed by atoms with E-state index in [1.54, 1.807) is 0 Å². The molecule has 0 saturated heterocycles. The van der Waals surface area contributed by atoms with Gasteiger partial charge in [-0.25, -0.2) is 5.10 Å². The number of carbonyl (C=O) groups is 1. The Morgan fingerprint density at radius 1 is 1.61 bits per heavy atom. The Morgan fingerprint density at radius 2 is 2.44 bits per heavy atom. The molecule has 0 saturated carbocycles. The van der Waals surface area contributed by atoms with Crippen LogP contribution in [0.4, 0.5) is 5.95 Å². The van der Waals surface area contributed by atoms with Crippen LogP contribution in [-0.4, -0.2) is 32.7 Å². The van der Waals surface area contributed by atoms with Crippen LogP contribution in [0, 0.1) is 0 Å². The highest BCUT2D eigenvalue weighted by atomic mass is 35.5. The molecule has 94 valence electrons. The topological polar surface area (TPSA) is 92.8 Å². The lowest BCUT2D eigenvalue weighted by molar-refractivity contribution is 0.102. The molecule has 0 aliphatic carbocycles. The minimum Gasteiger partial charge on any atom is -0.463 e. The van der Waals surface area contributed by atoms with Crippen LogP contribution in [0.1, 0.15) is 17.3 Å². The minimum atomic E-state index is -0.424. The van der Waals surface area contributed by atoms with Crippen molar-refractivity contribution >= 4 is 23.5 Å². The Labute approximate surface area is 108 Å². The third kappa shape index (κ3) is 2.75. The van der Waals surface area contributed by atoms with E-state index in [0.29, 0.717) is 11.6 Å². The van der Waals surface area contributed by atoms with Gasteiger partial charge in [0.05, 0.1) is 17.2 Å². The van der Waals surface area contributed by atoms with E-state index in [1.807, 2.05) is 6.92 Å². The number of nitrogens with one attached hydrogen (secondary N) is 2. The molecule has 2 heterocycles. The maximum atomic E-state index is 11.8. The number of amides is 1. The van der Waals surface area contributed by atoms with E-state index in [1.165, 1.54) is 18.5 Å². The smallest absolute Gasteiger partial charge is 0.337 e. The summed E-state index contributed by atoms with van der Waals surface area (Å²) in [6.45, 7) is 2.25. The first kappa shape index (κ1) is 12.3. The summed E-state index contributed by atoms with van der Waals surface area (Å²) in [5.74, 6) is -0.240. The standard InChI is InChI=1S/C10H10ClN5O2/c1-2-18-10-14-9(15-16-10)13-8(17)6-5-12-4-3-7(6)11/h3-5H,2H2,1H3,(H2,13,14,15,16,17). The molecule has 0 radical (unpaired) electrons. The molecule has 0 atom stereocenters. The van der Waals surface area contributed by atoms with Crippen LogP contribution in [0.5, 0.6) is 6.01 Å². The molecule has 0 aromatic carbocycles. The van der Waals surface area contributed by atoms with Crippen molar-refractivity contribution < 1.29 is 9.53 Å². The Kier molecular flexibility index (Phi) is 3.73. The van der Waals surface area contributed by atoms with Crippen molar-refractivity contribution in [1.29, 1.82) is 0 Å². The molecule has 2 aromatic rings. The largest absolute Gasteiger partial charge is 0.463 e. The van der Waals surface area contributed by atoms with Crippen LogP contribution in [0.25, 0.3) is 0 Å². The number of halogens is 1. The van der Waals surface area contributed by atoms with Crippen LogP contribution in [0.2, 0.25) is 5.02 Å². The third-order valence-corrected chi connectivity index (χ3v) is 2.31. The van der Waals surface area contributed by atoms with Gasteiger partial charge in [-0.1, -0.05) is 11.6 Å². The van der Waals surface area contributed by atoms with E-state index in [2.05, 4.69) is 25.5 Å². The molecular formula is C10H10ClN5O2. The molecule has 8 heteroatoms. The zero-order valence-corrected chi connectivity index (χ0v) is 10.2. The summed E-state index contributed by atoms with van der Waals surface area (Å²) in [7, 11) is 0. The number of carbonyl (C=O) groups excluding carboxylic acids is 1. The lowest BCUT2D eigenvalue weighted by atomic mass is 10.3. The number of H-pyrrole nitrogens is 1. The predicted molar refractivity (Wildman–Crippen MR) is 64.8 cm³/mol. The zero-order chi connectivity index (χ0) is 13.0. The van der Waals surface area contributed by atoms with Gasteiger partial charge in [-0.3, -0.25) is 15.1 Å². The first-order valence-electron chi connectivity index (χ1n) is 5.16. The number of aromatic nitrogens is 4. The highest BCUT2D eigenvalue weighted by Crippen LogP contribution is 2.15. The van der Waals surface area contributed by atoms with E-state index in [9.17, 15) is 4.79 Å². The Morgan fingerprint density at radius 3 is 3.17 bits per heavy atom. The van der Waals surface area contributed by atoms with Crippen molar-refractivity contribution in [1.82, 2.24) is 20.2 Å². The van der Waals surface area contributed by atoms with E-state index >= 15 is 0 Å². The van der Waals surface area contributed by atoms with Crippen LogP contribution in [0.15, 0.2) is 18.5 Å². The summed E-state index contributed by atoms with van der Waals surface area (Å²) in [4.78, 5) is 19.6. The minimum absolute atomic E-state index is 0.171. The molecule has 2 N–H and O–H groups in total. The molecule has 0 bridgehead atoms. The first-order chi connectivity index (χ1) is 8.70. The lowest BCUT2D eigenvalue weighted by Crippen LogP contribution is -2.13. The molecule has 0 aliphatic heterocycles. The van der Waals surface area contributed by atoms with Gasteiger partial charge < -0.3 is 4.74 Å². The molecule has 0 aliphatic rings. The van der Waals surface area contributed by atoms with Gasteiger partial charge in [-0.05, 0) is 13.0 Å². The number of anilines is 1. The van der Waals surface area contributed by atoms with Crippen molar-refractivity contribution in [3.63, 3.8) is 0 Å². The monoisotopic (exact) mass is 267 g/mol. The highest BCUT2D eigenvalue weighted by Gasteiger charge is 2.12. The summed E-state index contributed by atoms with van der Waals surface area (Å²) in [5.41, 5.74) is 0.258. The predicted octanol–water partition coefficient (Wildman–Crippen LogP) is 1.50. The van der Waals surface area contributed by atoms with Crippen molar-refractivity contribution in [2.75, 3.05) is 11.9 Å². The van der Waals surface area contributed by atoms with Crippen LogP contribution < -0.4 is 10.1 Å². The number of hydrogen-bond acceptors (Lipinski definition) is 5. The molecule has 1 amide bonds. The molecular weight excluding hydrogens is 258 g/mol. The van der Waals surface area contributed by atoms with E-state index in [-0.39, 0.29) is 17.5 Å². The molecule has 7 nitrogen and oxygen atoms in total. The van der Waals surface area contributed by atoms with Gasteiger partial charge in [0.1, 0.15) is 0 Å². The second kappa shape index (κ2) is 5.46. The van der Waals surface area contributed by atoms with Gasteiger partial charge in [-0.2, -0.15) is 4.98 Å². The van der Waals surface area contributed by atoms with Crippen molar-refractivity contribution in [3.05, 3.63) is 29.0 Å². The first-order valence-corrected chi connectivity index (χ1v) is 5.54. The van der Waals surface area contributed by atoms with E-state index in [4.69, 9.17) is 16.3 Å². The SMILES string of the molecule is CCOc1n[nH]c(NC(=O)c2cnccc2Cl)n1. The second-order valence-electron chi connectivity index (χ2n) is 3.21. The molecule has 0 spiro atoms. The Hall–Kier alpha value is -2.15. The molecule has 2 rings (SSSR count). The molecule has 2 aromatic heterocycles. The molecule has 18 heavy (non-hydrogen) atoms. The number of hydrogen-bond donors (Lipinski definition) is 2. The maximum Gasteiger partial charge on any atom is 0.337 e. The van der Waals surface area contributed by atoms with E-state index < -0.39 is 5.91 Å². The van der Waals surface area contributed by atoms with Crippen molar-refractivity contribution in [3.8, 4) is 6.01 Å². The maximum absolute atomic E-state index is 11.8. The van der Waals surface area contributed by atoms with Gasteiger partial charge in [0.25, 0.3) is 5.91 Å². The van der Waals surface area contributed by atoms with Gasteiger partial charge in [0.2, 0.25) is 5.95 Å². The van der Waals surface area contributed by atoms with E-state index in [0.717, 1.165) is 0 Å². The fourth-order valence-electron chi connectivity index (χ4n) is 1.22. The molecule has 0 fully saturated rings. The van der Waals surface area contributed by atoms with Gasteiger partial charge in [0, 0.05) is 12.4 Å². The van der Waals surface area contributed by atoms with Crippen molar-refractivity contribution in [2.24, 2.45) is 0 Å². The summed E-state index contributed by atoms with van der Waals surface area (Å²) in [6.07, 6.45) is 2.87. The van der Waals surface area contributed by atoms with Gasteiger partial charge >= 0.3 is 6.01 Å². The van der Waals surface area contributed by atoms with Gasteiger partial charge in [0.15, 0.2) is 0 Å². The second-order valence-corrected chi connectivity index (χ2v) is 3.62. The van der Waals surface area contributed by atoms with Crippen LogP contribution in [-0.2, 0) is 0 Å². The lowest BCUT2D eigenvalue weighted by Gasteiger charge is -2.02. The van der Waals surface area contributed by atoms with Crippen LogP contribution in [0.3, 0.4) is 0 Å². The van der Waals surface area contributed by atoms with Crippen LogP contribution >= 0.6 is 11.6 Å². The summed E-state index contributed by atoms with van der Waals surface area (Å²) < 4.78 is 5.05. The third-order valence-electron chi connectivity index (χ3n) is 1.98. The van der Waals surface area contributed by atoms with Gasteiger partial charge in [-0.15, -0.1) is 5.10 Å². The Bertz CT molecular complexity index is 557. The number of rotatable bonds is 4. The number of aromatic amines is 1. The average molecular weight is 268 g/mol. The van der Waals surface area contributed by atoms with Crippen molar-refractivity contribution in [2.45, 2.75) is 6.92 Å². The number of nitrogens with zero attached hydrogens (tertiary/aromatic N) is 3. The number of pyridine rings is 1. The quantitative estimate of drug-likeness (QED) is 0.876. The zero-order valence-electron chi connectivity index (χ0n) is 9.48. The number of ether oxygens (including phenoxy) is 1. The summed E-state index contributed by atoms with van der Waals surface area (Å²) in [6, 6.07) is 1.70. The average Bonchev–Trinajstić information content (AvgIpc) is 2.77. The summed E-state index contributed by atoms with van der Waals surface area (Å²) >= 11 is 5.87. The normalized spacial score (nSPS) is 10.1. The highest BCUT2D eigenvalue weighted by molar-refractivity contribution is 6.34. The Balaban J connectivity index is 2.09. The fraction of sp³-hybridized carbons (Fsp3) is 0.200. The summed E-state index contributed by atoms with van der Waals surface area (Å²) in [5, 5.41) is 9.10. The molecule has 0 unspecified atom stereocenters. The fourth-order valence-corrected chi connectivity index (χ4v) is 1.41.